The highest BCUT2D eigenvalue weighted by Crippen LogP contribution is 2.05. The average molecular weight is 189 g/mol. The van der Waals surface area contributed by atoms with Crippen molar-refractivity contribution in [3.8, 4) is 0 Å². The van der Waals surface area contributed by atoms with Crippen LogP contribution in [0.3, 0.4) is 0 Å². The Hall–Kier alpha value is -1.37. The van der Waals surface area contributed by atoms with Crippen LogP contribution >= 0.6 is 0 Å². The van der Waals surface area contributed by atoms with Crippen molar-refractivity contribution in [2.75, 3.05) is 0 Å². The van der Waals surface area contributed by atoms with Gasteiger partial charge >= 0.3 is 0 Å². The summed E-state index contributed by atoms with van der Waals surface area (Å²) in [5.41, 5.74) is 3.13. The lowest BCUT2D eigenvalue weighted by molar-refractivity contribution is 1.23. The summed E-state index contributed by atoms with van der Waals surface area (Å²) in [6.07, 6.45) is 9.76. The van der Waals surface area contributed by atoms with Gasteiger partial charge in [-0.05, 0) is 39.3 Å². The number of aliphatic imine (C=N–C) groups is 1. The van der Waals surface area contributed by atoms with Gasteiger partial charge in [0.25, 0.3) is 0 Å². The van der Waals surface area contributed by atoms with E-state index in [9.17, 15) is 0 Å². The summed E-state index contributed by atoms with van der Waals surface area (Å²) in [4.78, 5) is 4.42. The maximum Gasteiger partial charge on any atom is 0.0404 e. The molecule has 0 aliphatic rings. The van der Waals surface area contributed by atoms with Crippen molar-refractivity contribution >= 4 is 5.71 Å². The first-order chi connectivity index (χ1) is 6.61. The van der Waals surface area contributed by atoms with Gasteiger partial charge in [-0.3, -0.25) is 4.99 Å². The van der Waals surface area contributed by atoms with Gasteiger partial charge in [-0.2, -0.15) is 0 Å². The van der Waals surface area contributed by atoms with Gasteiger partial charge in [-0.25, -0.2) is 0 Å². The van der Waals surface area contributed by atoms with Crippen LogP contribution in [-0.4, -0.2) is 5.71 Å². The zero-order chi connectivity index (χ0) is 11.0. The van der Waals surface area contributed by atoms with E-state index >= 15 is 0 Å². The van der Waals surface area contributed by atoms with Gasteiger partial charge in [0.15, 0.2) is 0 Å². The molecule has 0 aromatic carbocycles. The highest BCUT2D eigenvalue weighted by Gasteiger charge is 1.89. The van der Waals surface area contributed by atoms with Gasteiger partial charge in [0.1, 0.15) is 0 Å². The van der Waals surface area contributed by atoms with Gasteiger partial charge in [0.2, 0.25) is 0 Å². The van der Waals surface area contributed by atoms with Crippen molar-refractivity contribution in [2.45, 2.75) is 27.7 Å². The number of nitrogens with zero attached hydrogens (tertiary/aromatic N) is 1. The number of hydrogen-bond acceptors (Lipinski definition) is 1. The van der Waals surface area contributed by atoms with Crippen molar-refractivity contribution in [1.29, 1.82) is 0 Å². The summed E-state index contributed by atoms with van der Waals surface area (Å²) >= 11 is 0. The minimum absolute atomic E-state index is 1.00. The van der Waals surface area contributed by atoms with Crippen LogP contribution in [0.15, 0.2) is 53.2 Å². The van der Waals surface area contributed by atoms with Crippen molar-refractivity contribution in [1.82, 2.24) is 0 Å². The summed E-state index contributed by atoms with van der Waals surface area (Å²) in [6.45, 7) is 11.7. The van der Waals surface area contributed by atoms with Crippen molar-refractivity contribution in [2.24, 2.45) is 4.99 Å². The second-order valence-electron chi connectivity index (χ2n) is 3.11. The molecule has 0 N–H and O–H groups in total. The monoisotopic (exact) mass is 189 g/mol. The summed E-state index contributed by atoms with van der Waals surface area (Å²) in [5.74, 6) is 0. The molecule has 0 fully saturated rings. The third-order valence-corrected chi connectivity index (χ3v) is 1.86. The number of allylic oxidation sites excluding steroid dienone is 7. The van der Waals surface area contributed by atoms with Gasteiger partial charge in [0, 0.05) is 11.4 Å². The molecule has 0 rings (SSSR count). The lowest BCUT2D eigenvalue weighted by Crippen LogP contribution is -1.86. The molecule has 0 saturated heterocycles. The zero-order valence-electron chi connectivity index (χ0n) is 9.54. The predicted molar refractivity (Wildman–Crippen MR) is 65.6 cm³/mol. The van der Waals surface area contributed by atoms with Crippen LogP contribution in [0.5, 0.6) is 0 Å². The Morgan fingerprint density at radius 1 is 1.14 bits per heavy atom. The number of rotatable bonds is 4. The molecule has 0 atom stereocenters. The highest BCUT2D eigenvalue weighted by molar-refractivity contribution is 5.93. The molecule has 0 spiro atoms. The molecule has 0 aliphatic carbocycles. The average Bonchev–Trinajstić information content (AvgIpc) is 2.16. The lowest BCUT2D eigenvalue weighted by atomic mass is 10.2. The van der Waals surface area contributed by atoms with Crippen LogP contribution in [0.2, 0.25) is 0 Å². The smallest absolute Gasteiger partial charge is 0.0404 e. The normalized spacial score (nSPS) is 15.0. The maximum atomic E-state index is 4.42. The fraction of sp³-hybridized carbons (Fsp3) is 0.308. The summed E-state index contributed by atoms with van der Waals surface area (Å²) < 4.78 is 0. The fourth-order valence-corrected chi connectivity index (χ4v) is 0.844. The lowest BCUT2D eigenvalue weighted by Gasteiger charge is -1.97. The maximum absolute atomic E-state index is 4.42. The zero-order valence-corrected chi connectivity index (χ0v) is 9.54. The van der Waals surface area contributed by atoms with E-state index in [1.54, 1.807) is 0 Å². The number of hydrogen-bond donors (Lipinski definition) is 0. The van der Waals surface area contributed by atoms with E-state index in [0.717, 1.165) is 17.0 Å². The van der Waals surface area contributed by atoms with Crippen molar-refractivity contribution in [3.63, 3.8) is 0 Å². The molecule has 76 valence electrons. The molecule has 1 nitrogen and oxygen atoms in total. The van der Waals surface area contributed by atoms with E-state index in [0.29, 0.717) is 0 Å². The van der Waals surface area contributed by atoms with Crippen LogP contribution in [0, 0.1) is 0 Å². The van der Waals surface area contributed by atoms with E-state index < -0.39 is 0 Å². The summed E-state index contributed by atoms with van der Waals surface area (Å²) in [5, 5.41) is 0. The van der Waals surface area contributed by atoms with Crippen LogP contribution in [0.1, 0.15) is 27.7 Å². The summed E-state index contributed by atoms with van der Waals surface area (Å²) in [6, 6.07) is 0. The van der Waals surface area contributed by atoms with Gasteiger partial charge in [-0.15, -0.1) is 0 Å². The molecular formula is C13H19N. The molecule has 1 heteroatoms. The second-order valence-corrected chi connectivity index (χ2v) is 3.11. The topological polar surface area (TPSA) is 12.4 Å². The molecule has 0 aromatic rings. The first-order valence-corrected chi connectivity index (χ1v) is 4.76. The van der Waals surface area contributed by atoms with E-state index in [4.69, 9.17) is 0 Å². The van der Waals surface area contributed by atoms with Crippen molar-refractivity contribution < 1.29 is 0 Å². The van der Waals surface area contributed by atoms with Gasteiger partial charge in [-0.1, -0.05) is 30.9 Å². The standard InChI is InChI=1S/C13H19N/c1-6-8-9-10-12(4)14-13(5)11(3)7-2/h6-10H,2H2,1,3-5H3/b8-6-,10-9-,13-11+,14-12+. The summed E-state index contributed by atoms with van der Waals surface area (Å²) in [7, 11) is 0. The Kier molecular flexibility index (Phi) is 6.38. The third kappa shape index (κ3) is 5.31. The molecule has 0 aromatic heterocycles. The van der Waals surface area contributed by atoms with E-state index in [2.05, 4.69) is 11.6 Å². The van der Waals surface area contributed by atoms with Crippen molar-refractivity contribution in [3.05, 3.63) is 48.2 Å². The Labute approximate surface area is 87.3 Å². The molecule has 0 heterocycles. The Morgan fingerprint density at radius 2 is 1.79 bits per heavy atom. The van der Waals surface area contributed by atoms with E-state index in [1.165, 1.54) is 0 Å². The quantitative estimate of drug-likeness (QED) is 0.467. The predicted octanol–water partition coefficient (Wildman–Crippen LogP) is 4.06. The van der Waals surface area contributed by atoms with Crippen LogP contribution < -0.4 is 0 Å². The molecule has 14 heavy (non-hydrogen) atoms. The minimum atomic E-state index is 1.00. The van der Waals surface area contributed by atoms with E-state index in [-0.39, 0.29) is 0 Å². The van der Waals surface area contributed by atoms with Crippen LogP contribution in [0.4, 0.5) is 0 Å². The SMILES string of the molecule is C=C/C(C)=C(C)/N=C(C)/C=C\C=C/C. The minimum Gasteiger partial charge on any atom is -0.258 e. The highest BCUT2D eigenvalue weighted by atomic mass is 14.7. The molecule has 0 amide bonds. The van der Waals surface area contributed by atoms with E-state index in [1.807, 2.05) is 58.1 Å². The largest absolute Gasteiger partial charge is 0.258 e. The Balaban J connectivity index is 4.60. The molecule has 0 radical (unpaired) electrons. The second kappa shape index (κ2) is 7.07. The molecule has 0 aliphatic heterocycles. The van der Waals surface area contributed by atoms with Gasteiger partial charge < -0.3 is 0 Å². The fourth-order valence-electron chi connectivity index (χ4n) is 0.844. The van der Waals surface area contributed by atoms with Gasteiger partial charge in [0.05, 0.1) is 0 Å². The molecule has 0 bridgehead atoms. The third-order valence-electron chi connectivity index (χ3n) is 1.86. The van der Waals surface area contributed by atoms with Crippen LogP contribution in [-0.2, 0) is 0 Å². The van der Waals surface area contributed by atoms with Crippen LogP contribution in [0.25, 0.3) is 0 Å². The molecule has 0 unspecified atom stereocenters. The first-order valence-electron chi connectivity index (χ1n) is 4.76. The molecular weight excluding hydrogens is 170 g/mol. The Morgan fingerprint density at radius 3 is 2.29 bits per heavy atom. The first kappa shape index (κ1) is 12.6. The molecule has 0 saturated carbocycles. The Bertz CT molecular complexity index is 301.